The maximum Gasteiger partial charge on any atom is 0.326 e. The molecule has 2 aromatic rings. The lowest BCUT2D eigenvalue weighted by Crippen LogP contribution is -2.60. The number of ether oxygens (including phenoxy) is 6. The third-order valence-electron chi connectivity index (χ3n) is 7.28. The molecule has 0 atom stereocenters. The largest absolute Gasteiger partial charge is 0.467 e. The number of nitrogens with one attached hydrogen (secondary N) is 2. The van der Waals surface area contributed by atoms with Crippen LogP contribution in [0.3, 0.4) is 0 Å². The lowest BCUT2D eigenvalue weighted by molar-refractivity contribution is 0.0477. The zero-order valence-corrected chi connectivity index (χ0v) is 29.2. The maximum atomic E-state index is 6.18. The van der Waals surface area contributed by atoms with Crippen molar-refractivity contribution in [1.29, 1.82) is 0 Å². The Bertz CT molecular complexity index is 1150. The van der Waals surface area contributed by atoms with Gasteiger partial charge in [0.15, 0.2) is 0 Å². The molecule has 0 aromatic carbocycles. The van der Waals surface area contributed by atoms with E-state index in [9.17, 15) is 0 Å². The topological polar surface area (TPSA) is 157 Å². The van der Waals surface area contributed by atoms with Crippen molar-refractivity contribution in [3.05, 3.63) is 0 Å². The number of thioether (sulfide) groups is 1. The van der Waals surface area contributed by atoms with E-state index in [4.69, 9.17) is 28.4 Å². The highest BCUT2D eigenvalue weighted by Crippen LogP contribution is 2.32. The number of aromatic nitrogens is 6. The molecular formula is C30H50N8O6S. The van der Waals surface area contributed by atoms with Gasteiger partial charge >= 0.3 is 36.1 Å². The van der Waals surface area contributed by atoms with Crippen LogP contribution in [-0.2, 0) is 0 Å². The van der Waals surface area contributed by atoms with E-state index < -0.39 is 0 Å². The summed E-state index contributed by atoms with van der Waals surface area (Å²) in [4.78, 5) is 25.7. The SMILES string of the molecule is COc1nc(OCCSCCOc2nc(OC)nc(OC3CC(C)(C)NC(C)(C)C3)n2)nc(OC2CC(C)(C)NC(C)(C)C2)n1. The molecule has 0 unspecified atom stereocenters. The van der Waals surface area contributed by atoms with Crippen LogP contribution in [0.5, 0.6) is 36.1 Å². The van der Waals surface area contributed by atoms with Crippen molar-refractivity contribution in [2.24, 2.45) is 0 Å². The Balaban J connectivity index is 1.23. The van der Waals surface area contributed by atoms with Crippen molar-refractivity contribution in [2.45, 2.75) is 115 Å². The van der Waals surface area contributed by atoms with Crippen molar-refractivity contribution in [3.8, 4) is 36.1 Å². The molecule has 4 heterocycles. The smallest absolute Gasteiger partial charge is 0.326 e. The second-order valence-electron chi connectivity index (χ2n) is 14.2. The fraction of sp³-hybridized carbons (Fsp3) is 0.800. The molecule has 0 spiro atoms. The van der Waals surface area contributed by atoms with Gasteiger partial charge in [-0.15, -0.1) is 29.9 Å². The monoisotopic (exact) mass is 650 g/mol. The van der Waals surface area contributed by atoms with Gasteiger partial charge in [-0.05, 0) is 55.4 Å². The fourth-order valence-corrected chi connectivity index (χ4v) is 7.07. The molecule has 4 rings (SSSR count). The van der Waals surface area contributed by atoms with Gasteiger partial charge in [0.1, 0.15) is 25.4 Å². The summed E-state index contributed by atoms with van der Waals surface area (Å²) in [6.45, 7) is 18.1. The highest BCUT2D eigenvalue weighted by atomic mass is 32.2. The molecule has 2 saturated heterocycles. The Kier molecular flexibility index (Phi) is 11.1. The Morgan fingerprint density at radius 2 is 0.844 bits per heavy atom. The average Bonchev–Trinajstić information content (AvgIpc) is 2.88. The van der Waals surface area contributed by atoms with Crippen LogP contribution in [0.15, 0.2) is 0 Å². The first-order valence-electron chi connectivity index (χ1n) is 15.4. The summed E-state index contributed by atoms with van der Waals surface area (Å²) in [7, 11) is 3.00. The van der Waals surface area contributed by atoms with Crippen LogP contribution in [0.4, 0.5) is 0 Å². The first-order valence-corrected chi connectivity index (χ1v) is 16.6. The van der Waals surface area contributed by atoms with E-state index in [0.717, 1.165) is 25.7 Å². The van der Waals surface area contributed by atoms with Crippen molar-refractivity contribution in [1.82, 2.24) is 40.5 Å². The molecule has 0 bridgehead atoms. The summed E-state index contributed by atoms with van der Waals surface area (Å²) in [5.41, 5.74) is -0.289. The van der Waals surface area contributed by atoms with E-state index in [1.165, 1.54) is 14.2 Å². The van der Waals surface area contributed by atoms with Crippen LogP contribution in [-0.4, -0.2) is 103 Å². The number of piperidine rings is 2. The van der Waals surface area contributed by atoms with E-state index in [2.05, 4.69) is 95.9 Å². The van der Waals surface area contributed by atoms with Crippen molar-refractivity contribution in [2.75, 3.05) is 38.9 Å². The second-order valence-corrected chi connectivity index (χ2v) is 15.4. The first-order chi connectivity index (χ1) is 21.0. The van der Waals surface area contributed by atoms with Crippen LogP contribution in [0.25, 0.3) is 0 Å². The highest BCUT2D eigenvalue weighted by molar-refractivity contribution is 7.99. The van der Waals surface area contributed by atoms with Gasteiger partial charge in [-0.2, -0.15) is 11.8 Å². The molecule has 45 heavy (non-hydrogen) atoms. The van der Waals surface area contributed by atoms with Gasteiger partial charge in [0, 0.05) is 59.3 Å². The first kappa shape index (κ1) is 35.0. The molecule has 2 aliphatic heterocycles. The molecule has 2 N–H and O–H groups in total. The summed E-state index contributed by atoms with van der Waals surface area (Å²) in [5.74, 6) is 1.36. The molecular weight excluding hydrogens is 600 g/mol. The van der Waals surface area contributed by atoms with Crippen LogP contribution in [0, 0.1) is 0 Å². The fourth-order valence-electron chi connectivity index (χ4n) is 6.47. The lowest BCUT2D eigenvalue weighted by atomic mass is 9.81. The van der Waals surface area contributed by atoms with E-state index in [-0.39, 0.29) is 70.4 Å². The molecule has 2 aromatic heterocycles. The molecule has 0 aliphatic carbocycles. The van der Waals surface area contributed by atoms with Gasteiger partial charge in [-0.1, -0.05) is 0 Å². The summed E-state index contributed by atoms with van der Waals surface area (Å²) in [6, 6.07) is 0.998. The van der Waals surface area contributed by atoms with E-state index in [1.807, 2.05) is 0 Å². The van der Waals surface area contributed by atoms with Crippen molar-refractivity contribution >= 4 is 11.8 Å². The predicted octanol–water partition coefficient (Wildman–Crippen LogP) is 3.64. The van der Waals surface area contributed by atoms with Gasteiger partial charge < -0.3 is 39.1 Å². The second kappa shape index (κ2) is 14.2. The lowest BCUT2D eigenvalue weighted by Gasteiger charge is -2.45. The molecule has 0 radical (unpaired) electrons. The number of nitrogens with zero attached hydrogens (tertiary/aromatic N) is 6. The predicted molar refractivity (Wildman–Crippen MR) is 171 cm³/mol. The Morgan fingerprint density at radius 1 is 0.533 bits per heavy atom. The minimum absolute atomic E-state index is 0.0531. The molecule has 2 fully saturated rings. The minimum atomic E-state index is -0.0722. The van der Waals surface area contributed by atoms with Gasteiger partial charge in [-0.3, -0.25) is 0 Å². The average molecular weight is 651 g/mol. The van der Waals surface area contributed by atoms with Crippen LogP contribution >= 0.6 is 11.8 Å². The molecule has 14 nitrogen and oxygen atoms in total. The zero-order valence-electron chi connectivity index (χ0n) is 28.4. The Morgan fingerprint density at radius 3 is 1.18 bits per heavy atom. The Labute approximate surface area is 270 Å². The summed E-state index contributed by atoms with van der Waals surface area (Å²) >= 11 is 1.64. The molecule has 0 amide bonds. The molecule has 15 heteroatoms. The number of hydrogen-bond donors (Lipinski definition) is 2. The third kappa shape index (κ3) is 11.1. The van der Waals surface area contributed by atoms with E-state index in [0.29, 0.717) is 24.7 Å². The van der Waals surface area contributed by atoms with Gasteiger partial charge in [0.25, 0.3) is 0 Å². The Hall–Kier alpha value is -2.91. The van der Waals surface area contributed by atoms with Gasteiger partial charge in [-0.25, -0.2) is 0 Å². The van der Waals surface area contributed by atoms with Crippen molar-refractivity contribution in [3.63, 3.8) is 0 Å². The van der Waals surface area contributed by atoms with E-state index in [1.54, 1.807) is 11.8 Å². The summed E-state index contributed by atoms with van der Waals surface area (Å²) in [6.07, 6.45) is 3.17. The minimum Gasteiger partial charge on any atom is -0.467 e. The number of hydrogen-bond acceptors (Lipinski definition) is 15. The molecule has 0 saturated carbocycles. The quantitative estimate of drug-likeness (QED) is 0.285. The summed E-state index contributed by atoms with van der Waals surface area (Å²) < 4.78 is 34.5. The zero-order chi connectivity index (χ0) is 32.9. The van der Waals surface area contributed by atoms with Crippen molar-refractivity contribution < 1.29 is 28.4 Å². The molecule has 252 valence electrons. The third-order valence-corrected chi connectivity index (χ3v) is 8.19. The molecule has 2 aliphatic rings. The number of rotatable bonds is 14. The van der Waals surface area contributed by atoms with Gasteiger partial charge in [0.05, 0.1) is 14.2 Å². The van der Waals surface area contributed by atoms with Crippen LogP contribution in [0.2, 0.25) is 0 Å². The van der Waals surface area contributed by atoms with Crippen LogP contribution in [0.1, 0.15) is 81.1 Å². The van der Waals surface area contributed by atoms with E-state index >= 15 is 0 Å². The normalized spacial score (nSPS) is 20.7. The van der Waals surface area contributed by atoms with Crippen LogP contribution < -0.4 is 39.1 Å². The standard InChI is InChI=1S/C30H50N8O6S/c1-27(2)15-19(16-28(3,4)37-27)43-25-33-21(39-9)31-23(35-25)41-11-13-45-14-12-42-24-32-22(40-10)34-26(36-24)44-20-17-29(5,6)38-30(7,8)18-20/h19-20,37-38H,11-18H2,1-10H3. The summed E-state index contributed by atoms with van der Waals surface area (Å²) in [5, 5.41) is 7.30. The maximum absolute atomic E-state index is 6.18. The highest BCUT2D eigenvalue weighted by Gasteiger charge is 2.40. The van der Waals surface area contributed by atoms with Gasteiger partial charge in [0.2, 0.25) is 0 Å². The number of methoxy groups -OCH3 is 2.